The molecule has 1 aromatic carbocycles. The number of halogens is 1. The molecule has 124 valence electrons. The van der Waals surface area contributed by atoms with Gasteiger partial charge in [0.25, 0.3) is 5.91 Å². The van der Waals surface area contributed by atoms with Crippen molar-refractivity contribution < 1.29 is 13.2 Å². The van der Waals surface area contributed by atoms with E-state index >= 15 is 0 Å². The first-order valence-electron chi connectivity index (χ1n) is 6.90. The first-order valence-corrected chi connectivity index (χ1v) is 9.98. The molecule has 0 aliphatic heterocycles. The summed E-state index contributed by atoms with van der Waals surface area (Å²) in [6, 6.07) is 10.2. The minimum absolute atomic E-state index is 0.158. The Morgan fingerprint density at radius 1 is 1.30 bits per heavy atom. The van der Waals surface area contributed by atoms with E-state index < -0.39 is 10.0 Å². The van der Waals surface area contributed by atoms with Crippen LogP contribution in [0.4, 0.5) is 5.69 Å². The molecule has 0 atom stereocenters. The second kappa shape index (κ2) is 7.33. The number of rotatable bonds is 6. The maximum absolute atomic E-state index is 12.6. The molecule has 0 aliphatic rings. The van der Waals surface area contributed by atoms with E-state index in [9.17, 15) is 13.2 Å². The molecular formula is C15H17ClN2O3S2. The summed E-state index contributed by atoms with van der Waals surface area (Å²) in [5.41, 5.74) is 0.803. The Morgan fingerprint density at radius 3 is 2.61 bits per heavy atom. The molecule has 0 aliphatic carbocycles. The molecule has 1 aromatic heterocycles. The summed E-state index contributed by atoms with van der Waals surface area (Å²) in [5, 5.41) is 0. The van der Waals surface area contributed by atoms with E-state index in [2.05, 4.69) is 4.72 Å². The van der Waals surface area contributed by atoms with Crippen LogP contribution in [-0.4, -0.2) is 32.0 Å². The van der Waals surface area contributed by atoms with Gasteiger partial charge in [-0.2, -0.15) is 0 Å². The van der Waals surface area contributed by atoms with E-state index in [0.717, 1.165) is 11.1 Å². The van der Waals surface area contributed by atoms with Crippen LogP contribution in [0.5, 0.6) is 0 Å². The van der Waals surface area contributed by atoms with E-state index in [4.69, 9.17) is 11.6 Å². The zero-order valence-electron chi connectivity index (χ0n) is 12.7. The number of carbonyl (C=O) groups is 1. The highest BCUT2D eigenvalue weighted by Crippen LogP contribution is 2.23. The van der Waals surface area contributed by atoms with E-state index in [0.29, 0.717) is 28.7 Å². The number of benzene rings is 1. The second-order valence-electron chi connectivity index (χ2n) is 4.98. The number of nitrogens with zero attached hydrogens (tertiary/aromatic N) is 1. The van der Waals surface area contributed by atoms with Crippen LogP contribution in [0.3, 0.4) is 0 Å². The lowest BCUT2D eigenvalue weighted by molar-refractivity contribution is 0.0754. The van der Waals surface area contributed by atoms with Gasteiger partial charge in [0.1, 0.15) is 0 Å². The third-order valence-electron chi connectivity index (χ3n) is 3.06. The lowest BCUT2D eigenvalue weighted by Gasteiger charge is -2.20. The zero-order chi connectivity index (χ0) is 17.0. The van der Waals surface area contributed by atoms with Crippen molar-refractivity contribution in [1.29, 1.82) is 0 Å². The molecule has 1 heterocycles. The Labute approximate surface area is 144 Å². The van der Waals surface area contributed by atoms with E-state index in [-0.39, 0.29) is 5.91 Å². The minimum atomic E-state index is -3.38. The Bertz CT molecular complexity index is 803. The molecule has 0 unspecified atom stereocenters. The van der Waals surface area contributed by atoms with Crippen molar-refractivity contribution in [3.05, 3.63) is 51.2 Å². The molecule has 0 saturated carbocycles. The van der Waals surface area contributed by atoms with Crippen molar-refractivity contribution in [3.63, 3.8) is 0 Å². The molecule has 2 aromatic rings. The average molecular weight is 373 g/mol. The lowest BCUT2D eigenvalue weighted by Crippen LogP contribution is -2.30. The summed E-state index contributed by atoms with van der Waals surface area (Å²) in [5.74, 6) is -0.158. The van der Waals surface area contributed by atoms with Crippen LogP contribution in [0.15, 0.2) is 36.4 Å². The van der Waals surface area contributed by atoms with Gasteiger partial charge in [0.2, 0.25) is 10.0 Å². The molecule has 1 N–H and O–H groups in total. The summed E-state index contributed by atoms with van der Waals surface area (Å²) < 4.78 is 25.7. The van der Waals surface area contributed by atoms with Crippen molar-refractivity contribution in [2.24, 2.45) is 0 Å². The largest absolute Gasteiger partial charge is 0.334 e. The maximum atomic E-state index is 12.6. The Balaban J connectivity index is 2.18. The normalized spacial score (nSPS) is 11.3. The molecule has 0 radical (unpaired) electrons. The number of hydrogen-bond acceptors (Lipinski definition) is 4. The first kappa shape index (κ1) is 17.8. The zero-order valence-corrected chi connectivity index (χ0v) is 15.1. The van der Waals surface area contributed by atoms with Gasteiger partial charge in [0, 0.05) is 22.7 Å². The van der Waals surface area contributed by atoms with Gasteiger partial charge in [-0.3, -0.25) is 9.52 Å². The van der Waals surface area contributed by atoms with Crippen LogP contribution in [0.25, 0.3) is 0 Å². The predicted octanol–water partition coefficient (Wildman–Crippen LogP) is 3.44. The molecule has 8 heteroatoms. The lowest BCUT2D eigenvalue weighted by atomic mass is 10.1. The second-order valence-corrected chi connectivity index (χ2v) is 8.53. The maximum Gasteiger partial charge on any atom is 0.254 e. The number of sulfonamides is 1. The molecule has 0 bridgehead atoms. The monoisotopic (exact) mass is 372 g/mol. The highest BCUT2D eigenvalue weighted by atomic mass is 35.5. The highest BCUT2D eigenvalue weighted by molar-refractivity contribution is 7.92. The highest BCUT2D eigenvalue weighted by Gasteiger charge is 2.16. The third-order valence-corrected chi connectivity index (χ3v) is 4.88. The number of hydrogen-bond donors (Lipinski definition) is 1. The Kier molecular flexibility index (Phi) is 5.67. The van der Waals surface area contributed by atoms with Gasteiger partial charge in [-0.25, -0.2) is 8.42 Å². The summed E-state index contributed by atoms with van der Waals surface area (Å²) in [6.07, 6.45) is 1.07. The summed E-state index contributed by atoms with van der Waals surface area (Å²) in [7, 11) is -3.38. The topological polar surface area (TPSA) is 66.5 Å². The number of thiophene rings is 1. The van der Waals surface area contributed by atoms with Crippen molar-refractivity contribution in [3.8, 4) is 0 Å². The van der Waals surface area contributed by atoms with Crippen molar-refractivity contribution in [2.45, 2.75) is 13.5 Å². The number of nitrogens with one attached hydrogen (secondary N) is 1. The van der Waals surface area contributed by atoms with Crippen molar-refractivity contribution >= 4 is 44.6 Å². The smallest absolute Gasteiger partial charge is 0.254 e. The summed E-state index contributed by atoms with van der Waals surface area (Å²) in [4.78, 5) is 15.3. The van der Waals surface area contributed by atoms with Gasteiger partial charge in [0.05, 0.1) is 17.1 Å². The molecule has 0 spiro atoms. The van der Waals surface area contributed by atoms with Crippen LogP contribution >= 0.6 is 22.9 Å². The Morgan fingerprint density at radius 2 is 2.04 bits per heavy atom. The SMILES string of the molecule is CCN(Cc1ccc(Cl)s1)C(=O)c1cccc(NS(C)(=O)=O)c1. The molecule has 0 fully saturated rings. The van der Waals surface area contributed by atoms with Crippen molar-refractivity contribution in [2.75, 3.05) is 17.5 Å². The van der Waals surface area contributed by atoms with Crippen molar-refractivity contribution in [1.82, 2.24) is 4.90 Å². The fourth-order valence-electron chi connectivity index (χ4n) is 2.06. The summed E-state index contributed by atoms with van der Waals surface area (Å²) >= 11 is 7.35. The van der Waals surface area contributed by atoms with Gasteiger partial charge in [-0.05, 0) is 37.3 Å². The minimum Gasteiger partial charge on any atom is -0.334 e. The van der Waals surface area contributed by atoms with E-state index in [1.54, 1.807) is 29.2 Å². The van der Waals surface area contributed by atoms with Crippen LogP contribution in [0, 0.1) is 0 Å². The van der Waals surface area contributed by atoms with Crippen LogP contribution in [-0.2, 0) is 16.6 Å². The number of amides is 1. The quantitative estimate of drug-likeness (QED) is 0.844. The molecule has 2 rings (SSSR count). The van der Waals surface area contributed by atoms with Crippen LogP contribution in [0.2, 0.25) is 4.34 Å². The third kappa shape index (κ3) is 5.23. The molecular weight excluding hydrogens is 356 g/mol. The van der Waals surface area contributed by atoms with Gasteiger partial charge in [0.15, 0.2) is 0 Å². The fraction of sp³-hybridized carbons (Fsp3) is 0.267. The van der Waals surface area contributed by atoms with Gasteiger partial charge >= 0.3 is 0 Å². The number of anilines is 1. The van der Waals surface area contributed by atoms with Gasteiger partial charge < -0.3 is 4.90 Å². The van der Waals surface area contributed by atoms with Gasteiger partial charge in [-0.1, -0.05) is 17.7 Å². The average Bonchev–Trinajstić information content (AvgIpc) is 2.88. The van der Waals surface area contributed by atoms with Crippen LogP contribution in [0.1, 0.15) is 22.2 Å². The molecule has 23 heavy (non-hydrogen) atoms. The molecule has 0 saturated heterocycles. The van der Waals surface area contributed by atoms with E-state index in [1.807, 2.05) is 13.0 Å². The summed E-state index contributed by atoms with van der Waals surface area (Å²) in [6.45, 7) is 2.90. The van der Waals surface area contributed by atoms with E-state index in [1.165, 1.54) is 17.4 Å². The van der Waals surface area contributed by atoms with Crippen LogP contribution < -0.4 is 4.72 Å². The molecule has 1 amide bonds. The fourth-order valence-corrected chi connectivity index (χ4v) is 3.72. The Hall–Kier alpha value is -1.57. The predicted molar refractivity (Wildman–Crippen MR) is 94.7 cm³/mol. The number of carbonyl (C=O) groups excluding carboxylic acids is 1. The molecule has 5 nitrogen and oxygen atoms in total. The standard InChI is InChI=1S/C15H17ClN2O3S2/c1-3-18(10-13-7-8-14(16)22-13)15(19)11-5-4-6-12(9-11)17-23(2,20)21/h4-9,17H,3,10H2,1-2H3. The first-order chi connectivity index (χ1) is 10.8. The van der Waals surface area contributed by atoms with Gasteiger partial charge in [-0.15, -0.1) is 11.3 Å².